The van der Waals surface area contributed by atoms with Crippen LogP contribution in [0.25, 0.3) is 0 Å². The molecule has 4 nitrogen and oxygen atoms in total. The minimum Gasteiger partial charge on any atom is -0.489 e. The molecule has 0 saturated heterocycles. The summed E-state index contributed by atoms with van der Waals surface area (Å²) in [6.07, 6.45) is 1.88. The standard InChI is InChI=1S/C13H15N3O/c1-10-15-13(14)11(8-16(10)2)9-17-12-6-4-3-5-7-12/h3-8,14H,9H2,1-2H3. The van der Waals surface area contributed by atoms with Crippen LogP contribution < -0.4 is 10.2 Å². The van der Waals surface area contributed by atoms with Crippen molar-refractivity contribution in [2.45, 2.75) is 13.5 Å². The summed E-state index contributed by atoms with van der Waals surface area (Å²) in [5, 5.41) is 7.77. The first-order chi connectivity index (χ1) is 8.16. The summed E-state index contributed by atoms with van der Waals surface area (Å²) >= 11 is 0. The Hall–Kier alpha value is -2.10. The van der Waals surface area contributed by atoms with Crippen LogP contribution in [0, 0.1) is 12.3 Å². The molecule has 0 atom stereocenters. The van der Waals surface area contributed by atoms with Crippen LogP contribution in [0.3, 0.4) is 0 Å². The third-order valence-corrected chi connectivity index (χ3v) is 2.58. The minimum absolute atomic E-state index is 0.275. The SMILES string of the molecule is Cc1nc(=N)c(COc2ccccc2)cn1C. The van der Waals surface area contributed by atoms with Gasteiger partial charge in [0.25, 0.3) is 0 Å². The van der Waals surface area contributed by atoms with Crippen molar-refractivity contribution in [3.05, 3.63) is 53.4 Å². The third-order valence-electron chi connectivity index (χ3n) is 2.58. The van der Waals surface area contributed by atoms with Gasteiger partial charge in [-0.1, -0.05) is 18.2 Å². The maximum absolute atomic E-state index is 7.77. The molecule has 0 spiro atoms. The Balaban J connectivity index is 2.15. The molecule has 0 aliphatic heterocycles. The number of nitrogens with one attached hydrogen (secondary N) is 1. The van der Waals surface area contributed by atoms with Gasteiger partial charge in [0.1, 0.15) is 18.2 Å². The average molecular weight is 229 g/mol. The second-order valence-electron chi connectivity index (χ2n) is 3.87. The highest BCUT2D eigenvalue weighted by Crippen LogP contribution is 2.09. The van der Waals surface area contributed by atoms with Crippen molar-refractivity contribution < 1.29 is 4.74 Å². The van der Waals surface area contributed by atoms with Crippen molar-refractivity contribution in [2.75, 3.05) is 0 Å². The molecule has 0 radical (unpaired) electrons. The summed E-state index contributed by atoms with van der Waals surface area (Å²) < 4.78 is 7.49. The highest BCUT2D eigenvalue weighted by atomic mass is 16.5. The van der Waals surface area contributed by atoms with E-state index in [-0.39, 0.29) is 5.49 Å². The van der Waals surface area contributed by atoms with Gasteiger partial charge in [-0.15, -0.1) is 0 Å². The van der Waals surface area contributed by atoms with Crippen molar-refractivity contribution in [1.82, 2.24) is 9.55 Å². The molecule has 0 fully saturated rings. The Morgan fingerprint density at radius 3 is 2.71 bits per heavy atom. The predicted molar refractivity (Wildman–Crippen MR) is 64.6 cm³/mol. The molecule has 17 heavy (non-hydrogen) atoms. The van der Waals surface area contributed by atoms with Crippen LogP contribution in [-0.4, -0.2) is 9.55 Å². The van der Waals surface area contributed by atoms with Gasteiger partial charge in [-0.05, 0) is 19.1 Å². The zero-order valence-electron chi connectivity index (χ0n) is 9.97. The number of benzene rings is 1. The second kappa shape index (κ2) is 4.82. The van der Waals surface area contributed by atoms with Gasteiger partial charge in [-0.25, -0.2) is 4.98 Å². The van der Waals surface area contributed by atoms with Crippen molar-refractivity contribution in [2.24, 2.45) is 7.05 Å². The maximum Gasteiger partial charge on any atom is 0.154 e. The lowest BCUT2D eigenvalue weighted by atomic mass is 10.3. The molecule has 0 bridgehead atoms. The van der Waals surface area contributed by atoms with Gasteiger partial charge in [0, 0.05) is 18.8 Å². The molecule has 2 rings (SSSR count). The smallest absolute Gasteiger partial charge is 0.154 e. The second-order valence-corrected chi connectivity index (χ2v) is 3.87. The fraction of sp³-hybridized carbons (Fsp3) is 0.231. The Labute approximate surface area is 100 Å². The Kier molecular flexibility index (Phi) is 3.23. The van der Waals surface area contributed by atoms with E-state index in [1.165, 1.54) is 0 Å². The lowest BCUT2D eigenvalue weighted by Crippen LogP contribution is -2.20. The number of ether oxygens (including phenoxy) is 1. The number of hydrogen-bond donors (Lipinski definition) is 1. The summed E-state index contributed by atoms with van der Waals surface area (Å²) in [7, 11) is 1.91. The molecule has 1 heterocycles. The van der Waals surface area contributed by atoms with Gasteiger partial charge in [0.05, 0.1) is 0 Å². The van der Waals surface area contributed by atoms with Crippen LogP contribution in [0.5, 0.6) is 5.75 Å². The molecule has 0 amide bonds. The fourth-order valence-electron chi connectivity index (χ4n) is 1.48. The van der Waals surface area contributed by atoms with Gasteiger partial charge in [0.15, 0.2) is 5.49 Å². The lowest BCUT2D eigenvalue weighted by Gasteiger charge is -2.09. The summed E-state index contributed by atoms with van der Waals surface area (Å²) in [5.41, 5.74) is 1.05. The van der Waals surface area contributed by atoms with Gasteiger partial charge in [0.2, 0.25) is 0 Å². The van der Waals surface area contributed by atoms with E-state index in [0.717, 1.165) is 17.1 Å². The minimum atomic E-state index is 0.275. The van der Waals surface area contributed by atoms with Gasteiger partial charge < -0.3 is 9.30 Å². The molecule has 0 saturated carbocycles. The quantitative estimate of drug-likeness (QED) is 0.872. The molecule has 4 heteroatoms. The van der Waals surface area contributed by atoms with Crippen molar-refractivity contribution in [3.63, 3.8) is 0 Å². The van der Waals surface area contributed by atoms with Crippen LogP contribution in [0.1, 0.15) is 11.4 Å². The van der Waals surface area contributed by atoms with E-state index in [2.05, 4.69) is 4.98 Å². The van der Waals surface area contributed by atoms with Crippen molar-refractivity contribution in [1.29, 1.82) is 5.41 Å². The molecule has 1 aromatic carbocycles. The van der Waals surface area contributed by atoms with Crippen LogP contribution in [0.2, 0.25) is 0 Å². The molecule has 0 unspecified atom stereocenters. The number of para-hydroxylation sites is 1. The molecule has 0 aliphatic rings. The summed E-state index contributed by atoms with van der Waals surface area (Å²) in [5.74, 6) is 1.62. The number of nitrogens with zero attached hydrogens (tertiary/aromatic N) is 2. The normalized spacial score (nSPS) is 10.2. The van der Waals surface area contributed by atoms with Crippen molar-refractivity contribution in [3.8, 4) is 5.75 Å². The highest BCUT2D eigenvalue weighted by Gasteiger charge is 2.01. The number of hydrogen-bond acceptors (Lipinski definition) is 3. The fourth-order valence-corrected chi connectivity index (χ4v) is 1.48. The van der Waals surface area contributed by atoms with Crippen LogP contribution >= 0.6 is 0 Å². The Morgan fingerprint density at radius 1 is 1.29 bits per heavy atom. The maximum atomic E-state index is 7.77. The molecular formula is C13H15N3O. The van der Waals surface area contributed by atoms with E-state index >= 15 is 0 Å². The average Bonchev–Trinajstić information content (AvgIpc) is 2.33. The topological polar surface area (TPSA) is 50.9 Å². The summed E-state index contributed by atoms with van der Waals surface area (Å²) in [4.78, 5) is 4.14. The van der Waals surface area contributed by atoms with Gasteiger partial charge >= 0.3 is 0 Å². The van der Waals surface area contributed by atoms with E-state index in [1.54, 1.807) is 0 Å². The van der Waals surface area contributed by atoms with E-state index in [1.807, 2.05) is 55.1 Å². The Bertz CT molecular complexity index is 561. The predicted octanol–water partition coefficient (Wildman–Crippen LogP) is 1.79. The third kappa shape index (κ3) is 2.72. The van der Waals surface area contributed by atoms with Gasteiger partial charge in [-0.2, -0.15) is 0 Å². The van der Waals surface area contributed by atoms with Gasteiger partial charge in [-0.3, -0.25) is 5.41 Å². The molecule has 2 aromatic rings. The van der Waals surface area contributed by atoms with E-state index in [9.17, 15) is 0 Å². The zero-order chi connectivity index (χ0) is 12.3. The van der Waals surface area contributed by atoms with E-state index < -0.39 is 0 Å². The number of aromatic nitrogens is 2. The molecular weight excluding hydrogens is 214 g/mol. The highest BCUT2D eigenvalue weighted by molar-refractivity contribution is 5.21. The van der Waals surface area contributed by atoms with Crippen LogP contribution in [-0.2, 0) is 13.7 Å². The van der Waals surface area contributed by atoms with Crippen molar-refractivity contribution >= 4 is 0 Å². The molecule has 1 N–H and O–H groups in total. The molecule has 0 aliphatic carbocycles. The monoisotopic (exact) mass is 229 g/mol. The van der Waals surface area contributed by atoms with Crippen LogP contribution in [0.4, 0.5) is 0 Å². The number of rotatable bonds is 3. The molecule has 88 valence electrons. The largest absolute Gasteiger partial charge is 0.489 e. The number of aryl methyl sites for hydroxylation is 2. The molecule has 1 aromatic heterocycles. The summed E-state index contributed by atoms with van der Waals surface area (Å²) in [6, 6.07) is 9.57. The lowest BCUT2D eigenvalue weighted by molar-refractivity contribution is 0.302. The summed E-state index contributed by atoms with van der Waals surface area (Å²) in [6.45, 7) is 2.24. The first-order valence-corrected chi connectivity index (χ1v) is 5.42. The van der Waals surface area contributed by atoms with E-state index in [4.69, 9.17) is 10.1 Å². The Morgan fingerprint density at radius 2 is 2.00 bits per heavy atom. The van der Waals surface area contributed by atoms with E-state index in [0.29, 0.717) is 6.61 Å². The van der Waals surface area contributed by atoms with Crippen LogP contribution in [0.15, 0.2) is 36.5 Å². The zero-order valence-corrected chi connectivity index (χ0v) is 9.97. The first-order valence-electron chi connectivity index (χ1n) is 5.42. The first kappa shape index (κ1) is 11.4.